The number of phenols is 1. The van der Waals surface area contributed by atoms with Crippen LogP contribution in [0.3, 0.4) is 0 Å². The minimum Gasteiger partial charge on any atom is -0.502 e. The maximum Gasteiger partial charge on any atom is 0.311 e. The fraction of sp³-hybridized carbons (Fsp3) is 0.0588. The molecular formula is C17H13N3O5S. The van der Waals surface area contributed by atoms with Crippen molar-refractivity contribution in [3.8, 4) is 11.5 Å². The van der Waals surface area contributed by atoms with E-state index in [2.05, 4.69) is 10.3 Å². The maximum atomic E-state index is 12.1. The molecule has 1 saturated heterocycles. The van der Waals surface area contributed by atoms with Crippen LogP contribution in [0, 0.1) is 10.1 Å². The lowest BCUT2D eigenvalue weighted by molar-refractivity contribution is -0.385. The number of amidine groups is 1. The van der Waals surface area contributed by atoms with Crippen molar-refractivity contribution >= 4 is 40.3 Å². The number of nitrogens with one attached hydrogen (secondary N) is 1. The number of para-hydroxylation sites is 3. The maximum absolute atomic E-state index is 12.1. The second-order valence-corrected chi connectivity index (χ2v) is 6.16. The van der Waals surface area contributed by atoms with Crippen LogP contribution < -0.4 is 10.1 Å². The third-order valence-corrected chi connectivity index (χ3v) is 4.40. The average molecular weight is 371 g/mol. The number of phenolic OH excluding ortho intramolecular Hbond substituents is 1. The zero-order chi connectivity index (χ0) is 18.7. The number of nitro groups is 1. The Labute approximate surface area is 152 Å². The van der Waals surface area contributed by atoms with Crippen molar-refractivity contribution in [3.63, 3.8) is 0 Å². The molecule has 0 unspecified atom stereocenters. The smallest absolute Gasteiger partial charge is 0.311 e. The van der Waals surface area contributed by atoms with Gasteiger partial charge in [0.2, 0.25) is 5.75 Å². The first-order valence-corrected chi connectivity index (χ1v) is 8.20. The highest BCUT2D eigenvalue weighted by atomic mass is 32.2. The van der Waals surface area contributed by atoms with E-state index in [-0.39, 0.29) is 10.5 Å². The number of hydrogen-bond acceptors (Lipinski definition) is 7. The number of nitrogens with zero attached hydrogens (tertiary/aromatic N) is 2. The molecule has 8 nitrogen and oxygen atoms in total. The normalized spacial score (nSPS) is 16.7. The van der Waals surface area contributed by atoms with Crippen LogP contribution in [0.25, 0.3) is 6.08 Å². The summed E-state index contributed by atoms with van der Waals surface area (Å²) < 4.78 is 5.22. The second-order valence-electron chi connectivity index (χ2n) is 5.13. The van der Waals surface area contributed by atoms with Crippen molar-refractivity contribution in [1.82, 2.24) is 5.32 Å². The van der Waals surface area contributed by atoms with E-state index in [0.29, 0.717) is 16.6 Å². The van der Waals surface area contributed by atoms with Crippen LogP contribution in [0.1, 0.15) is 5.56 Å². The fourth-order valence-corrected chi connectivity index (χ4v) is 3.09. The first kappa shape index (κ1) is 17.5. The van der Waals surface area contributed by atoms with Gasteiger partial charge in [-0.1, -0.05) is 24.3 Å². The Morgan fingerprint density at radius 3 is 2.77 bits per heavy atom. The number of aromatic hydroxyl groups is 1. The molecule has 1 aliphatic rings. The summed E-state index contributed by atoms with van der Waals surface area (Å²) >= 11 is 1.06. The summed E-state index contributed by atoms with van der Waals surface area (Å²) in [6.07, 6.45) is 1.38. The summed E-state index contributed by atoms with van der Waals surface area (Å²) in [7, 11) is 1.52. The number of ether oxygens (including phenoxy) is 1. The quantitative estimate of drug-likeness (QED) is 0.485. The first-order valence-electron chi connectivity index (χ1n) is 7.38. The molecule has 0 aliphatic carbocycles. The Hall–Kier alpha value is -3.33. The van der Waals surface area contributed by atoms with E-state index in [1.807, 2.05) is 0 Å². The molecule has 1 aliphatic heterocycles. The van der Waals surface area contributed by atoms with Gasteiger partial charge in [0.25, 0.3) is 5.91 Å². The molecule has 0 aromatic heterocycles. The van der Waals surface area contributed by atoms with Crippen molar-refractivity contribution in [1.29, 1.82) is 0 Å². The Balaban J connectivity index is 1.91. The molecule has 1 fully saturated rings. The molecule has 132 valence electrons. The van der Waals surface area contributed by atoms with Crippen LogP contribution >= 0.6 is 11.8 Å². The molecule has 2 N–H and O–H groups in total. The molecule has 0 saturated carbocycles. The Kier molecular flexibility index (Phi) is 4.90. The predicted molar refractivity (Wildman–Crippen MR) is 98.6 cm³/mol. The number of carbonyl (C=O) groups is 1. The number of nitro benzene ring substituents is 1. The molecule has 0 spiro atoms. The number of aliphatic imine (C=N–C) groups is 1. The largest absolute Gasteiger partial charge is 0.502 e. The van der Waals surface area contributed by atoms with Gasteiger partial charge in [-0.15, -0.1) is 0 Å². The van der Waals surface area contributed by atoms with Gasteiger partial charge in [0, 0.05) is 11.6 Å². The number of thioether (sulfide) groups is 1. The van der Waals surface area contributed by atoms with Crippen LogP contribution in [0.4, 0.5) is 11.4 Å². The van der Waals surface area contributed by atoms with Crippen LogP contribution in [0.2, 0.25) is 0 Å². The predicted octanol–water partition coefficient (Wildman–Crippen LogP) is 3.20. The molecule has 0 atom stereocenters. The molecule has 1 heterocycles. The lowest BCUT2D eigenvalue weighted by atomic mass is 10.1. The topological polar surface area (TPSA) is 114 Å². The second kappa shape index (κ2) is 7.28. The van der Waals surface area contributed by atoms with E-state index in [4.69, 9.17) is 4.74 Å². The summed E-state index contributed by atoms with van der Waals surface area (Å²) in [5, 5.41) is 23.9. The first-order chi connectivity index (χ1) is 12.5. The lowest BCUT2D eigenvalue weighted by Crippen LogP contribution is -2.19. The fourth-order valence-electron chi connectivity index (χ4n) is 2.27. The summed E-state index contributed by atoms with van der Waals surface area (Å²) in [4.78, 5) is 27.0. The van der Waals surface area contributed by atoms with Gasteiger partial charge < -0.3 is 15.2 Å². The van der Waals surface area contributed by atoms with Crippen molar-refractivity contribution in [2.24, 2.45) is 4.99 Å². The van der Waals surface area contributed by atoms with Gasteiger partial charge in [-0.3, -0.25) is 14.9 Å². The van der Waals surface area contributed by atoms with Crippen LogP contribution in [-0.4, -0.2) is 28.2 Å². The standard InChI is InChI=1S/C17H13N3O5S/c1-25-13-8-3-2-6-11(13)18-17-19-16(22)14(26-17)9-10-5-4-7-12(15(10)21)20(23)24/h2-9,21H,1H3,(H,18,19,22)/b14-9-. The highest BCUT2D eigenvalue weighted by molar-refractivity contribution is 8.18. The molecule has 9 heteroatoms. The van der Waals surface area contributed by atoms with Gasteiger partial charge in [0.1, 0.15) is 11.4 Å². The molecular weight excluding hydrogens is 358 g/mol. The van der Waals surface area contributed by atoms with Gasteiger partial charge in [-0.25, -0.2) is 4.99 Å². The van der Waals surface area contributed by atoms with Gasteiger partial charge in [0.15, 0.2) is 5.17 Å². The van der Waals surface area contributed by atoms with Crippen LogP contribution in [0.5, 0.6) is 11.5 Å². The highest BCUT2D eigenvalue weighted by Gasteiger charge is 2.25. The number of benzene rings is 2. The molecule has 26 heavy (non-hydrogen) atoms. The van der Waals surface area contributed by atoms with E-state index in [9.17, 15) is 20.0 Å². The van der Waals surface area contributed by atoms with Gasteiger partial charge in [-0.05, 0) is 30.0 Å². The lowest BCUT2D eigenvalue weighted by Gasteiger charge is -2.03. The zero-order valence-corrected chi connectivity index (χ0v) is 14.3. The number of rotatable bonds is 4. The van der Waals surface area contributed by atoms with E-state index in [1.54, 1.807) is 24.3 Å². The van der Waals surface area contributed by atoms with E-state index < -0.39 is 22.3 Å². The molecule has 0 bridgehead atoms. The Bertz CT molecular complexity index is 955. The van der Waals surface area contributed by atoms with Crippen LogP contribution in [0.15, 0.2) is 52.4 Å². The monoisotopic (exact) mass is 371 g/mol. The van der Waals surface area contributed by atoms with Gasteiger partial charge in [0.05, 0.1) is 16.9 Å². The third-order valence-electron chi connectivity index (χ3n) is 3.49. The van der Waals surface area contributed by atoms with Gasteiger partial charge >= 0.3 is 5.69 Å². The van der Waals surface area contributed by atoms with Crippen LogP contribution in [-0.2, 0) is 4.79 Å². The van der Waals surface area contributed by atoms with E-state index in [1.165, 1.54) is 31.4 Å². The van der Waals surface area contributed by atoms with Crippen molar-refractivity contribution in [2.45, 2.75) is 0 Å². The minimum absolute atomic E-state index is 0.176. The third kappa shape index (κ3) is 3.52. The zero-order valence-electron chi connectivity index (χ0n) is 13.5. The summed E-state index contributed by atoms with van der Waals surface area (Å²) in [5.74, 6) is -0.341. The van der Waals surface area contributed by atoms with E-state index >= 15 is 0 Å². The molecule has 2 aromatic rings. The SMILES string of the molecule is COc1ccccc1N=C1NC(=O)/C(=C/c2cccc([N+](=O)[O-])c2O)S1. The van der Waals surface area contributed by atoms with Crippen molar-refractivity contribution < 1.29 is 19.6 Å². The molecule has 1 amide bonds. The average Bonchev–Trinajstić information content (AvgIpc) is 2.96. The summed E-state index contributed by atoms with van der Waals surface area (Å²) in [6.45, 7) is 0. The van der Waals surface area contributed by atoms with Crippen molar-refractivity contribution in [2.75, 3.05) is 7.11 Å². The highest BCUT2D eigenvalue weighted by Crippen LogP contribution is 2.35. The van der Waals surface area contributed by atoms with E-state index in [0.717, 1.165) is 11.8 Å². The Morgan fingerprint density at radius 2 is 2.04 bits per heavy atom. The summed E-state index contributed by atoms with van der Waals surface area (Å²) in [5.41, 5.74) is 0.304. The summed E-state index contributed by atoms with van der Waals surface area (Å²) in [6, 6.07) is 11.2. The van der Waals surface area contributed by atoms with Gasteiger partial charge in [-0.2, -0.15) is 0 Å². The molecule has 0 radical (unpaired) electrons. The number of methoxy groups -OCH3 is 1. The van der Waals surface area contributed by atoms with Crippen molar-refractivity contribution in [3.05, 3.63) is 63.0 Å². The molecule has 3 rings (SSSR count). The number of hydrogen-bond donors (Lipinski definition) is 2. The number of amides is 1. The molecule has 2 aromatic carbocycles. The Morgan fingerprint density at radius 1 is 1.27 bits per heavy atom. The number of carbonyl (C=O) groups excluding carboxylic acids is 1. The minimum atomic E-state index is -0.687.